The van der Waals surface area contributed by atoms with Crippen molar-refractivity contribution < 1.29 is 17.5 Å². The standard InChI is InChI=1S/C12H16O4S2/c13-17(14)10-7-5-9(6-8-10)11-3-1-2-4-12(11)18(15)16/h5-8,11-12H,1-4H2,(H,13,14)(H,15,16)/p-2. The summed E-state index contributed by atoms with van der Waals surface area (Å²) in [5.74, 6) is -0.00813. The highest BCUT2D eigenvalue weighted by atomic mass is 32.2. The fourth-order valence-corrected chi connectivity index (χ4v) is 3.81. The average Bonchev–Trinajstić information content (AvgIpc) is 2.39. The third kappa shape index (κ3) is 3.06. The monoisotopic (exact) mass is 286 g/mol. The number of hydrogen-bond donors (Lipinski definition) is 0. The summed E-state index contributed by atoms with van der Waals surface area (Å²) in [5, 5.41) is -0.345. The second-order valence-electron chi connectivity index (χ2n) is 4.49. The van der Waals surface area contributed by atoms with E-state index in [2.05, 4.69) is 0 Å². The molecule has 4 nitrogen and oxygen atoms in total. The van der Waals surface area contributed by atoms with E-state index in [0.717, 1.165) is 24.8 Å². The van der Waals surface area contributed by atoms with E-state index in [1.807, 2.05) is 0 Å². The number of hydrogen-bond acceptors (Lipinski definition) is 4. The average molecular weight is 286 g/mol. The summed E-state index contributed by atoms with van der Waals surface area (Å²) in [6, 6.07) is 6.50. The molecule has 1 fully saturated rings. The summed E-state index contributed by atoms with van der Waals surface area (Å²) in [6.45, 7) is 0. The first-order chi connectivity index (χ1) is 8.59. The van der Waals surface area contributed by atoms with Gasteiger partial charge in [-0.05, 0) is 47.5 Å². The Bertz CT molecular complexity index is 458. The van der Waals surface area contributed by atoms with Gasteiger partial charge < -0.3 is 9.11 Å². The van der Waals surface area contributed by atoms with Crippen molar-refractivity contribution in [2.24, 2.45) is 0 Å². The SMILES string of the molecule is O=S([O-])c1ccc(C2CCCCC2S(=O)[O-])cc1. The zero-order valence-electron chi connectivity index (χ0n) is 9.74. The van der Waals surface area contributed by atoms with Crippen LogP contribution >= 0.6 is 0 Å². The summed E-state index contributed by atoms with van der Waals surface area (Å²) in [5.41, 5.74) is 0.915. The molecule has 2 rings (SSSR count). The molecular weight excluding hydrogens is 272 g/mol. The van der Waals surface area contributed by atoms with Crippen molar-refractivity contribution in [2.75, 3.05) is 0 Å². The van der Waals surface area contributed by atoms with Gasteiger partial charge in [0, 0.05) is 10.1 Å². The van der Waals surface area contributed by atoms with Crippen LogP contribution < -0.4 is 0 Å². The van der Waals surface area contributed by atoms with Gasteiger partial charge in [0.2, 0.25) is 0 Å². The predicted octanol–water partition coefficient (Wildman–Crippen LogP) is 1.83. The predicted molar refractivity (Wildman–Crippen MR) is 67.5 cm³/mol. The maximum atomic E-state index is 11.2. The van der Waals surface area contributed by atoms with Crippen molar-refractivity contribution in [2.45, 2.75) is 41.7 Å². The summed E-state index contributed by atoms with van der Waals surface area (Å²) in [4.78, 5) is 0.231. The Morgan fingerprint density at radius 2 is 1.61 bits per heavy atom. The van der Waals surface area contributed by atoms with Gasteiger partial charge in [0.25, 0.3) is 0 Å². The van der Waals surface area contributed by atoms with Gasteiger partial charge in [-0.3, -0.25) is 8.42 Å². The lowest BCUT2D eigenvalue weighted by molar-refractivity contribution is 0.420. The number of benzene rings is 1. The largest absolute Gasteiger partial charge is 0.772 e. The molecule has 100 valence electrons. The van der Waals surface area contributed by atoms with E-state index in [0.29, 0.717) is 6.42 Å². The fourth-order valence-electron chi connectivity index (χ4n) is 2.53. The molecule has 1 aliphatic rings. The molecule has 0 aromatic heterocycles. The van der Waals surface area contributed by atoms with Crippen molar-refractivity contribution >= 4 is 22.2 Å². The van der Waals surface area contributed by atoms with E-state index < -0.39 is 22.2 Å². The molecule has 0 heterocycles. The third-order valence-corrected chi connectivity index (χ3v) is 5.17. The highest BCUT2D eigenvalue weighted by Crippen LogP contribution is 2.35. The van der Waals surface area contributed by atoms with Crippen LogP contribution in [0, 0.1) is 0 Å². The molecule has 1 aromatic carbocycles. The van der Waals surface area contributed by atoms with E-state index in [1.165, 1.54) is 12.1 Å². The Kier molecular flexibility index (Phi) is 4.66. The molecule has 0 spiro atoms. The smallest absolute Gasteiger partial charge is 0.0284 e. The van der Waals surface area contributed by atoms with Crippen molar-refractivity contribution in [3.63, 3.8) is 0 Å². The van der Waals surface area contributed by atoms with Crippen LogP contribution in [0.1, 0.15) is 37.2 Å². The Balaban J connectivity index is 2.23. The molecule has 1 saturated carbocycles. The topological polar surface area (TPSA) is 80.3 Å². The third-order valence-electron chi connectivity index (χ3n) is 3.45. The van der Waals surface area contributed by atoms with Gasteiger partial charge >= 0.3 is 0 Å². The van der Waals surface area contributed by atoms with Gasteiger partial charge in [0.15, 0.2) is 0 Å². The minimum absolute atomic E-state index is 0.00813. The Labute approximate surface area is 111 Å². The molecule has 0 aliphatic heterocycles. The highest BCUT2D eigenvalue weighted by molar-refractivity contribution is 7.79. The van der Waals surface area contributed by atoms with Gasteiger partial charge in [-0.2, -0.15) is 0 Å². The van der Waals surface area contributed by atoms with Crippen molar-refractivity contribution in [1.82, 2.24) is 0 Å². The van der Waals surface area contributed by atoms with Gasteiger partial charge in [0.1, 0.15) is 0 Å². The molecular formula is C12H14O4S2-2. The number of rotatable bonds is 3. The first-order valence-electron chi connectivity index (χ1n) is 5.87. The minimum atomic E-state index is -2.23. The first kappa shape index (κ1) is 13.9. The Hall–Kier alpha value is -0.560. The quantitative estimate of drug-likeness (QED) is 0.794. The molecule has 4 atom stereocenters. The van der Waals surface area contributed by atoms with Crippen LogP contribution in [0.25, 0.3) is 0 Å². The summed E-state index contributed by atoms with van der Waals surface area (Å²) >= 11 is -4.30. The van der Waals surface area contributed by atoms with Crippen LogP contribution in [0.2, 0.25) is 0 Å². The lowest BCUT2D eigenvalue weighted by atomic mass is 9.83. The van der Waals surface area contributed by atoms with Gasteiger partial charge in [-0.15, -0.1) is 0 Å². The summed E-state index contributed by atoms with van der Waals surface area (Å²) < 4.78 is 44.0. The maximum absolute atomic E-state index is 11.2. The second-order valence-corrected chi connectivity index (χ2v) is 6.56. The molecule has 1 aliphatic carbocycles. The zero-order chi connectivity index (χ0) is 13.1. The summed E-state index contributed by atoms with van der Waals surface area (Å²) in [7, 11) is 0. The lowest BCUT2D eigenvalue weighted by Gasteiger charge is -2.33. The molecule has 0 bridgehead atoms. The minimum Gasteiger partial charge on any atom is -0.772 e. The molecule has 0 N–H and O–H groups in total. The first-order valence-corrected chi connectivity index (χ1v) is 8.08. The van der Waals surface area contributed by atoms with Crippen LogP contribution in [0.4, 0.5) is 0 Å². The zero-order valence-corrected chi connectivity index (χ0v) is 11.4. The van der Waals surface area contributed by atoms with Crippen molar-refractivity contribution in [3.05, 3.63) is 29.8 Å². The molecule has 4 unspecified atom stereocenters. The van der Waals surface area contributed by atoms with Crippen LogP contribution in [-0.4, -0.2) is 22.8 Å². The maximum Gasteiger partial charge on any atom is 0.0284 e. The van der Waals surface area contributed by atoms with Crippen LogP contribution in [0.15, 0.2) is 29.2 Å². The van der Waals surface area contributed by atoms with E-state index in [4.69, 9.17) is 0 Å². The van der Waals surface area contributed by atoms with Crippen molar-refractivity contribution in [3.8, 4) is 0 Å². The van der Waals surface area contributed by atoms with E-state index in [-0.39, 0.29) is 16.1 Å². The van der Waals surface area contributed by atoms with Crippen LogP contribution in [0.3, 0.4) is 0 Å². The van der Waals surface area contributed by atoms with E-state index in [1.54, 1.807) is 12.1 Å². The van der Waals surface area contributed by atoms with Crippen LogP contribution in [0.5, 0.6) is 0 Å². The van der Waals surface area contributed by atoms with Gasteiger partial charge in [-0.25, -0.2) is 0 Å². The molecule has 6 heteroatoms. The Morgan fingerprint density at radius 1 is 1.00 bits per heavy atom. The normalized spacial score (nSPS) is 27.7. The summed E-state index contributed by atoms with van der Waals surface area (Å²) in [6.07, 6.45) is 3.50. The van der Waals surface area contributed by atoms with Crippen molar-refractivity contribution in [1.29, 1.82) is 0 Å². The molecule has 1 aromatic rings. The molecule has 0 amide bonds. The highest BCUT2D eigenvalue weighted by Gasteiger charge is 2.27. The van der Waals surface area contributed by atoms with Gasteiger partial charge in [-0.1, -0.05) is 36.1 Å². The van der Waals surface area contributed by atoms with E-state index >= 15 is 0 Å². The second kappa shape index (κ2) is 6.06. The van der Waals surface area contributed by atoms with Crippen LogP contribution in [-0.2, 0) is 22.2 Å². The van der Waals surface area contributed by atoms with E-state index in [9.17, 15) is 17.5 Å². The van der Waals surface area contributed by atoms with Gasteiger partial charge in [0.05, 0.1) is 0 Å². The fraction of sp³-hybridized carbons (Fsp3) is 0.500. The lowest BCUT2D eigenvalue weighted by Crippen LogP contribution is -2.27. The Morgan fingerprint density at radius 3 is 2.17 bits per heavy atom. The molecule has 0 radical (unpaired) electrons. The molecule has 18 heavy (non-hydrogen) atoms. The molecule has 0 saturated heterocycles.